The van der Waals surface area contributed by atoms with E-state index in [0.29, 0.717) is 23.2 Å². The molecule has 0 radical (unpaired) electrons. The third-order valence-electron chi connectivity index (χ3n) is 5.31. The molecular weight excluding hydrogens is 449 g/mol. The number of aromatic nitrogens is 1. The van der Waals surface area contributed by atoms with Crippen LogP contribution in [0.4, 0.5) is 5.69 Å². The average molecular weight is 468 g/mol. The molecule has 6 nitrogen and oxygen atoms in total. The highest BCUT2D eigenvalue weighted by Gasteiger charge is 2.17. The quantitative estimate of drug-likeness (QED) is 0.315. The zero-order chi connectivity index (χ0) is 23.0. The molecule has 0 aliphatic rings. The number of hydrogen-bond donors (Lipinski definition) is 4. The summed E-state index contributed by atoms with van der Waals surface area (Å²) in [5.74, 6) is -0.768. The van der Waals surface area contributed by atoms with Crippen LogP contribution in [0.2, 0.25) is 10.0 Å². The summed E-state index contributed by atoms with van der Waals surface area (Å²) in [4.78, 5) is 28.4. The maximum Gasteiger partial charge on any atom is 0.251 e. The first kappa shape index (κ1) is 21.7. The molecule has 5 N–H and O–H groups in total. The maximum absolute atomic E-state index is 12.7. The Kier molecular flexibility index (Phi) is 5.82. The van der Waals surface area contributed by atoms with Gasteiger partial charge in [-0.2, -0.15) is 0 Å². The zero-order valence-corrected chi connectivity index (χ0v) is 18.5. The van der Waals surface area contributed by atoms with Gasteiger partial charge in [0.2, 0.25) is 5.43 Å². The fraction of sp³-hybridized carbons (Fsp3) is 0.0833. The monoisotopic (exact) mass is 467 g/mol. The first-order chi connectivity index (χ1) is 15.3. The lowest BCUT2D eigenvalue weighted by Gasteiger charge is -2.11. The molecule has 1 amide bonds. The first-order valence-corrected chi connectivity index (χ1v) is 10.5. The zero-order valence-electron chi connectivity index (χ0n) is 17.0. The number of aromatic hydroxyl groups is 1. The fourth-order valence-electron chi connectivity index (χ4n) is 3.45. The lowest BCUT2D eigenvalue weighted by Crippen LogP contribution is -2.23. The van der Waals surface area contributed by atoms with Crippen LogP contribution in [0.3, 0.4) is 0 Å². The van der Waals surface area contributed by atoms with Crippen molar-refractivity contribution in [3.05, 3.63) is 91.6 Å². The molecule has 1 aromatic heterocycles. The van der Waals surface area contributed by atoms with Gasteiger partial charge in [-0.1, -0.05) is 47.5 Å². The van der Waals surface area contributed by atoms with Gasteiger partial charge in [-0.3, -0.25) is 9.59 Å². The largest absolute Gasteiger partial charge is 0.503 e. The summed E-state index contributed by atoms with van der Waals surface area (Å²) >= 11 is 12.2. The van der Waals surface area contributed by atoms with Crippen LogP contribution in [0, 0.1) is 6.92 Å². The number of halogens is 2. The Morgan fingerprint density at radius 1 is 1.09 bits per heavy atom. The van der Waals surface area contributed by atoms with Crippen molar-refractivity contribution >= 4 is 45.7 Å². The third kappa shape index (κ3) is 4.02. The van der Waals surface area contributed by atoms with Crippen LogP contribution < -0.4 is 16.5 Å². The Bertz CT molecular complexity index is 1410. The number of aromatic amines is 1. The van der Waals surface area contributed by atoms with Crippen LogP contribution in [0.25, 0.3) is 22.2 Å². The number of anilines is 1. The number of H-pyrrole nitrogens is 1. The number of carbonyl (C=O) groups is 1. The summed E-state index contributed by atoms with van der Waals surface area (Å²) in [5, 5.41) is 14.0. The van der Waals surface area contributed by atoms with Crippen LogP contribution in [-0.2, 0) is 6.54 Å². The molecule has 8 heteroatoms. The first-order valence-electron chi connectivity index (χ1n) is 9.73. The van der Waals surface area contributed by atoms with Gasteiger partial charge in [-0.15, -0.1) is 0 Å². The van der Waals surface area contributed by atoms with E-state index < -0.39 is 11.2 Å². The van der Waals surface area contributed by atoms with Crippen molar-refractivity contribution in [1.82, 2.24) is 10.3 Å². The third-order valence-corrected chi connectivity index (χ3v) is 5.93. The Labute approximate surface area is 193 Å². The minimum Gasteiger partial charge on any atom is -0.503 e. The predicted octanol–water partition coefficient (Wildman–Crippen LogP) is 5.03. The Morgan fingerprint density at radius 3 is 2.47 bits per heavy atom. The van der Waals surface area contributed by atoms with E-state index >= 15 is 0 Å². The van der Waals surface area contributed by atoms with Crippen LogP contribution in [0.1, 0.15) is 21.5 Å². The summed E-state index contributed by atoms with van der Waals surface area (Å²) in [6.45, 7) is 2.36. The fourth-order valence-corrected chi connectivity index (χ4v) is 3.93. The van der Waals surface area contributed by atoms with Gasteiger partial charge in [0.15, 0.2) is 5.75 Å². The molecule has 0 aliphatic heterocycles. The van der Waals surface area contributed by atoms with Crippen molar-refractivity contribution in [2.45, 2.75) is 13.5 Å². The summed E-state index contributed by atoms with van der Waals surface area (Å²) in [5.41, 5.74) is 8.76. The van der Waals surface area contributed by atoms with Crippen molar-refractivity contribution in [2.75, 3.05) is 5.73 Å². The van der Waals surface area contributed by atoms with Gasteiger partial charge in [-0.25, -0.2) is 0 Å². The maximum atomic E-state index is 12.7. The second-order valence-electron chi connectivity index (χ2n) is 7.40. The normalized spacial score (nSPS) is 11.0. The van der Waals surface area contributed by atoms with E-state index in [-0.39, 0.29) is 32.7 Å². The Balaban J connectivity index is 1.72. The average Bonchev–Trinajstić information content (AvgIpc) is 2.78. The molecule has 3 aromatic carbocycles. The van der Waals surface area contributed by atoms with Gasteiger partial charge in [0.1, 0.15) is 0 Å². The number of carbonyl (C=O) groups excluding carboxylic acids is 1. The number of fused-ring (bicyclic) bond motifs is 1. The second kappa shape index (κ2) is 8.57. The summed E-state index contributed by atoms with van der Waals surface area (Å²) in [6.07, 6.45) is 0. The van der Waals surface area contributed by atoms with Crippen molar-refractivity contribution in [1.29, 1.82) is 0 Å². The number of aryl methyl sites for hydroxylation is 1. The van der Waals surface area contributed by atoms with E-state index in [4.69, 9.17) is 28.9 Å². The molecule has 4 rings (SSSR count). The Morgan fingerprint density at radius 2 is 1.78 bits per heavy atom. The number of amides is 1. The molecule has 0 fully saturated rings. The van der Waals surface area contributed by atoms with Gasteiger partial charge in [0.05, 0.1) is 26.9 Å². The standard InChI is InChI=1S/C24H19Cl2N3O3/c1-12-4-2-3-5-14(12)11-28-24(32)13-6-7-16-19(10-13)29-21(23(31)22(16)30)15-8-17(25)20(27)18(26)9-15/h2-10,31H,11,27H2,1H3,(H,28,32)(H,29,30). The van der Waals surface area contributed by atoms with Gasteiger partial charge in [-0.05, 0) is 48.4 Å². The number of benzene rings is 3. The van der Waals surface area contributed by atoms with E-state index in [1.165, 1.54) is 18.2 Å². The summed E-state index contributed by atoms with van der Waals surface area (Å²) in [6, 6.07) is 15.4. The molecule has 1 heterocycles. The molecule has 0 atom stereocenters. The molecule has 162 valence electrons. The molecule has 0 saturated heterocycles. The van der Waals surface area contributed by atoms with Gasteiger partial charge in [0.25, 0.3) is 5.91 Å². The van der Waals surface area contributed by atoms with Gasteiger partial charge >= 0.3 is 0 Å². The predicted molar refractivity (Wildman–Crippen MR) is 128 cm³/mol. The molecule has 0 unspecified atom stereocenters. The van der Waals surface area contributed by atoms with E-state index in [9.17, 15) is 14.7 Å². The molecule has 0 aliphatic carbocycles. The highest BCUT2D eigenvalue weighted by Crippen LogP contribution is 2.35. The number of nitrogen functional groups attached to an aromatic ring is 1. The van der Waals surface area contributed by atoms with Crippen LogP contribution in [0.15, 0.2) is 59.4 Å². The minimum absolute atomic E-state index is 0.128. The molecule has 32 heavy (non-hydrogen) atoms. The van der Waals surface area contributed by atoms with Crippen molar-refractivity contribution in [3.8, 4) is 17.0 Å². The smallest absolute Gasteiger partial charge is 0.251 e. The van der Waals surface area contributed by atoms with Crippen LogP contribution >= 0.6 is 23.2 Å². The lowest BCUT2D eigenvalue weighted by atomic mass is 10.1. The number of nitrogens with one attached hydrogen (secondary N) is 2. The van der Waals surface area contributed by atoms with E-state index in [2.05, 4.69) is 10.3 Å². The van der Waals surface area contributed by atoms with Crippen LogP contribution in [0.5, 0.6) is 5.75 Å². The van der Waals surface area contributed by atoms with Crippen molar-refractivity contribution in [3.63, 3.8) is 0 Å². The lowest BCUT2D eigenvalue weighted by molar-refractivity contribution is 0.0951. The van der Waals surface area contributed by atoms with E-state index in [1.54, 1.807) is 12.1 Å². The molecular formula is C24H19Cl2N3O3. The highest BCUT2D eigenvalue weighted by molar-refractivity contribution is 6.39. The molecule has 0 spiro atoms. The van der Waals surface area contributed by atoms with Crippen molar-refractivity contribution < 1.29 is 9.90 Å². The van der Waals surface area contributed by atoms with E-state index in [0.717, 1.165) is 11.1 Å². The molecule has 0 bridgehead atoms. The second-order valence-corrected chi connectivity index (χ2v) is 8.22. The molecule has 4 aromatic rings. The number of nitrogens with two attached hydrogens (primary N) is 1. The van der Waals surface area contributed by atoms with E-state index in [1.807, 2.05) is 31.2 Å². The summed E-state index contributed by atoms with van der Waals surface area (Å²) < 4.78 is 0. The van der Waals surface area contributed by atoms with Gasteiger partial charge in [0, 0.05) is 23.1 Å². The minimum atomic E-state index is -0.579. The number of hydrogen-bond acceptors (Lipinski definition) is 4. The van der Waals surface area contributed by atoms with Gasteiger partial charge < -0.3 is 21.1 Å². The summed E-state index contributed by atoms with van der Waals surface area (Å²) in [7, 11) is 0. The SMILES string of the molecule is Cc1ccccc1CNC(=O)c1ccc2c(=O)c(O)c(-c3cc(Cl)c(N)c(Cl)c3)[nH]c2c1. The Hall–Kier alpha value is -3.48. The topological polar surface area (TPSA) is 108 Å². The van der Waals surface area contributed by atoms with Crippen LogP contribution in [-0.4, -0.2) is 16.0 Å². The number of rotatable bonds is 4. The molecule has 0 saturated carbocycles. The highest BCUT2D eigenvalue weighted by atomic mass is 35.5. The number of pyridine rings is 1. The van der Waals surface area contributed by atoms with Crippen molar-refractivity contribution in [2.24, 2.45) is 0 Å².